The Kier molecular flexibility index (Phi) is 8.74. The zero-order chi connectivity index (χ0) is 20.4. The first-order valence-corrected chi connectivity index (χ1v) is 8.57. The molecule has 27 heavy (non-hydrogen) atoms. The van der Waals surface area contributed by atoms with Crippen molar-refractivity contribution in [1.82, 2.24) is 5.32 Å². The Morgan fingerprint density at radius 3 is 2.26 bits per heavy atom. The molecule has 1 rings (SSSR count). The molecule has 0 fully saturated rings. The molecular weight excluding hydrogens is 354 g/mol. The van der Waals surface area contributed by atoms with Crippen LogP contribution in [0.2, 0.25) is 0 Å². The summed E-state index contributed by atoms with van der Waals surface area (Å²) in [5, 5.41) is 2.51. The van der Waals surface area contributed by atoms with Crippen LogP contribution in [-0.4, -0.2) is 56.4 Å². The van der Waals surface area contributed by atoms with Crippen LogP contribution in [-0.2, 0) is 19.0 Å². The van der Waals surface area contributed by atoms with Gasteiger partial charge in [0.1, 0.15) is 17.4 Å². The predicted octanol–water partition coefficient (Wildman–Crippen LogP) is 2.35. The third-order valence-corrected chi connectivity index (χ3v) is 3.14. The number of ether oxygens (including phenoxy) is 4. The van der Waals surface area contributed by atoms with E-state index in [9.17, 15) is 14.4 Å². The van der Waals surface area contributed by atoms with Crippen molar-refractivity contribution < 1.29 is 33.3 Å². The lowest BCUT2D eigenvalue weighted by Crippen LogP contribution is -2.46. The molecule has 0 bridgehead atoms. The van der Waals surface area contributed by atoms with Gasteiger partial charge < -0.3 is 24.3 Å². The molecule has 1 aromatic carbocycles. The van der Waals surface area contributed by atoms with Crippen LogP contribution < -0.4 is 10.1 Å². The molecule has 0 saturated carbocycles. The summed E-state index contributed by atoms with van der Waals surface area (Å²) in [6, 6.07) is 5.31. The molecule has 150 valence electrons. The van der Waals surface area contributed by atoms with Gasteiger partial charge in [-0.15, -0.1) is 0 Å². The van der Waals surface area contributed by atoms with Crippen LogP contribution in [0.4, 0.5) is 4.79 Å². The summed E-state index contributed by atoms with van der Waals surface area (Å²) in [6.45, 7) is 6.96. The second-order valence-electron chi connectivity index (χ2n) is 6.64. The topological polar surface area (TPSA) is 100 Å². The molecule has 0 aromatic heterocycles. The smallest absolute Gasteiger partial charge is 0.408 e. The van der Waals surface area contributed by atoms with Gasteiger partial charge in [0.2, 0.25) is 0 Å². The van der Waals surface area contributed by atoms with E-state index in [-0.39, 0.29) is 25.6 Å². The van der Waals surface area contributed by atoms with Gasteiger partial charge in [-0.3, -0.25) is 4.79 Å². The molecule has 0 aliphatic rings. The van der Waals surface area contributed by atoms with Gasteiger partial charge in [0, 0.05) is 12.7 Å². The summed E-state index contributed by atoms with van der Waals surface area (Å²) in [7, 11) is 1.43. The summed E-state index contributed by atoms with van der Waals surface area (Å²) in [5.41, 5.74) is -0.320. The molecule has 0 aliphatic carbocycles. The number of benzene rings is 1. The molecule has 1 amide bonds. The number of hydrogen-bond donors (Lipinski definition) is 1. The van der Waals surface area contributed by atoms with Crippen molar-refractivity contribution in [1.29, 1.82) is 0 Å². The fourth-order valence-corrected chi connectivity index (χ4v) is 2.06. The number of carbonyl (C=O) groups is 3. The molecular formula is C19H27NO7. The van der Waals surface area contributed by atoms with Gasteiger partial charge in [0.05, 0.1) is 13.2 Å². The summed E-state index contributed by atoms with van der Waals surface area (Å²) < 4.78 is 20.2. The van der Waals surface area contributed by atoms with E-state index >= 15 is 0 Å². The Morgan fingerprint density at radius 2 is 1.74 bits per heavy atom. The molecule has 0 saturated heterocycles. The molecule has 1 atom stereocenters. The number of carbonyl (C=O) groups excluding carboxylic acids is 3. The summed E-state index contributed by atoms with van der Waals surface area (Å²) >= 11 is 0. The van der Waals surface area contributed by atoms with E-state index in [2.05, 4.69) is 5.32 Å². The van der Waals surface area contributed by atoms with Gasteiger partial charge in [-0.25, -0.2) is 9.59 Å². The van der Waals surface area contributed by atoms with Crippen molar-refractivity contribution >= 4 is 17.8 Å². The number of hydrogen-bond acceptors (Lipinski definition) is 7. The number of alkyl carbamates (subject to hydrolysis) is 1. The van der Waals surface area contributed by atoms with Crippen LogP contribution in [0.25, 0.3) is 0 Å². The molecule has 0 aliphatic heterocycles. The van der Waals surface area contributed by atoms with Crippen molar-refractivity contribution in [2.24, 2.45) is 0 Å². The minimum Gasteiger partial charge on any atom is -0.482 e. The van der Waals surface area contributed by atoms with Crippen LogP contribution in [0, 0.1) is 0 Å². The van der Waals surface area contributed by atoms with E-state index in [0.717, 1.165) is 0 Å². The summed E-state index contributed by atoms with van der Waals surface area (Å²) in [4.78, 5) is 35.9. The molecule has 0 heterocycles. The van der Waals surface area contributed by atoms with E-state index in [1.807, 2.05) is 0 Å². The van der Waals surface area contributed by atoms with E-state index in [4.69, 9.17) is 18.9 Å². The predicted molar refractivity (Wildman–Crippen MR) is 97.9 cm³/mol. The monoisotopic (exact) mass is 381 g/mol. The van der Waals surface area contributed by atoms with Crippen LogP contribution in [0.15, 0.2) is 24.3 Å². The van der Waals surface area contributed by atoms with Gasteiger partial charge in [-0.2, -0.15) is 0 Å². The number of esters is 1. The number of methoxy groups -OCH3 is 1. The van der Waals surface area contributed by atoms with Crippen molar-refractivity contribution in [2.75, 3.05) is 26.9 Å². The molecule has 8 nitrogen and oxygen atoms in total. The van der Waals surface area contributed by atoms with E-state index < -0.39 is 23.7 Å². The van der Waals surface area contributed by atoms with Crippen LogP contribution in [0.3, 0.4) is 0 Å². The number of nitrogens with one attached hydrogen (secondary N) is 1. The van der Waals surface area contributed by atoms with Crippen molar-refractivity contribution in [3.63, 3.8) is 0 Å². The summed E-state index contributed by atoms with van der Waals surface area (Å²) in [5.74, 6) is -0.387. The average Bonchev–Trinajstić information content (AvgIpc) is 2.58. The largest absolute Gasteiger partial charge is 0.482 e. The van der Waals surface area contributed by atoms with Gasteiger partial charge in [-0.1, -0.05) is 0 Å². The fourth-order valence-electron chi connectivity index (χ4n) is 2.06. The Balaban J connectivity index is 2.72. The lowest BCUT2D eigenvalue weighted by molar-refractivity contribution is -0.145. The molecule has 8 heteroatoms. The third kappa shape index (κ3) is 8.54. The average molecular weight is 381 g/mol. The van der Waals surface area contributed by atoms with Crippen molar-refractivity contribution in [2.45, 2.75) is 39.3 Å². The first-order valence-electron chi connectivity index (χ1n) is 8.57. The SMILES string of the molecule is CCOC(=O)COc1ccc(C(=O)[C@H](COC)NC(=O)OC(C)(C)C)cc1. The Labute approximate surface area is 159 Å². The number of ketones is 1. The maximum absolute atomic E-state index is 12.6. The lowest BCUT2D eigenvalue weighted by Gasteiger charge is -2.22. The van der Waals surface area contributed by atoms with E-state index in [0.29, 0.717) is 11.3 Å². The zero-order valence-electron chi connectivity index (χ0n) is 16.4. The second-order valence-corrected chi connectivity index (χ2v) is 6.64. The van der Waals surface area contributed by atoms with E-state index in [1.165, 1.54) is 7.11 Å². The van der Waals surface area contributed by atoms with Gasteiger partial charge in [-0.05, 0) is 52.0 Å². The standard InChI is InChI=1S/C19H27NO7/c1-6-25-16(21)12-26-14-9-7-13(8-10-14)17(22)15(11-24-5)20-18(23)27-19(2,3)4/h7-10,15H,6,11-12H2,1-5H3,(H,20,23)/t15-/m0/s1. The highest BCUT2D eigenvalue weighted by atomic mass is 16.6. The Morgan fingerprint density at radius 1 is 1.11 bits per heavy atom. The summed E-state index contributed by atoms with van der Waals surface area (Å²) in [6.07, 6.45) is -0.702. The number of amides is 1. The van der Waals surface area contributed by atoms with Gasteiger partial charge in [0.15, 0.2) is 12.4 Å². The normalized spacial score (nSPS) is 12.0. The van der Waals surface area contributed by atoms with Crippen LogP contribution in [0.1, 0.15) is 38.1 Å². The molecule has 0 unspecified atom stereocenters. The maximum Gasteiger partial charge on any atom is 0.408 e. The lowest BCUT2D eigenvalue weighted by atomic mass is 10.0. The molecule has 1 N–H and O–H groups in total. The zero-order valence-corrected chi connectivity index (χ0v) is 16.4. The first kappa shape index (κ1) is 22.4. The Bertz CT molecular complexity index is 634. The fraction of sp³-hybridized carbons (Fsp3) is 0.526. The quantitative estimate of drug-likeness (QED) is 0.518. The Hall–Kier alpha value is -2.61. The molecule has 0 radical (unpaired) electrons. The maximum atomic E-state index is 12.6. The minimum atomic E-state index is -0.892. The van der Waals surface area contributed by atoms with Gasteiger partial charge in [0.25, 0.3) is 0 Å². The third-order valence-electron chi connectivity index (χ3n) is 3.14. The van der Waals surface area contributed by atoms with Gasteiger partial charge >= 0.3 is 12.1 Å². The van der Waals surface area contributed by atoms with Crippen LogP contribution in [0.5, 0.6) is 5.75 Å². The van der Waals surface area contributed by atoms with Crippen molar-refractivity contribution in [3.05, 3.63) is 29.8 Å². The highest BCUT2D eigenvalue weighted by molar-refractivity contribution is 6.01. The number of Topliss-reactive ketones (excluding diaryl/α,β-unsaturated/α-hetero) is 1. The van der Waals surface area contributed by atoms with Crippen LogP contribution >= 0.6 is 0 Å². The molecule has 1 aromatic rings. The highest BCUT2D eigenvalue weighted by Crippen LogP contribution is 2.14. The van der Waals surface area contributed by atoms with E-state index in [1.54, 1.807) is 52.0 Å². The number of rotatable bonds is 9. The molecule has 0 spiro atoms. The highest BCUT2D eigenvalue weighted by Gasteiger charge is 2.25. The minimum absolute atomic E-state index is 0.000808. The second kappa shape index (κ2) is 10.5. The van der Waals surface area contributed by atoms with Crippen molar-refractivity contribution in [3.8, 4) is 5.75 Å². The first-order chi connectivity index (χ1) is 12.7.